The zero-order valence-electron chi connectivity index (χ0n) is 10.9. The summed E-state index contributed by atoms with van der Waals surface area (Å²) in [6.45, 7) is 7.97. The first-order valence-corrected chi connectivity index (χ1v) is 7.14. The predicted octanol–water partition coefficient (Wildman–Crippen LogP) is 3.19. The van der Waals surface area contributed by atoms with Gasteiger partial charge >= 0.3 is 0 Å². The number of hydrogen-bond donors (Lipinski definition) is 0. The molecule has 2 rings (SSSR count). The summed E-state index contributed by atoms with van der Waals surface area (Å²) in [6.07, 6.45) is 0.923. The smallest absolute Gasteiger partial charge is 0.161 e. The van der Waals surface area contributed by atoms with Crippen molar-refractivity contribution in [3.63, 3.8) is 0 Å². The van der Waals surface area contributed by atoms with Crippen LogP contribution in [0.15, 0.2) is 24.3 Å². The molecular weight excluding hydrogens is 232 g/mol. The molecule has 1 aliphatic rings. The van der Waals surface area contributed by atoms with Crippen molar-refractivity contribution >= 4 is 11.1 Å². The third kappa shape index (κ3) is 2.61. The van der Waals surface area contributed by atoms with E-state index in [1.54, 1.807) is 0 Å². The van der Waals surface area contributed by atoms with Crippen LogP contribution in [0.2, 0.25) is 0 Å². The average Bonchev–Trinajstić information content (AvgIpc) is 2.55. The first-order valence-electron chi connectivity index (χ1n) is 6.06. The fourth-order valence-electron chi connectivity index (χ4n) is 2.13. The van der Waals surface area contributed by atoms with Gasteiger partial charge in [0.05, 0.1) is 10.9 Å². The minimum atomic E-state index is -1.24. The van der Waals surface area contributed by atoms with Crippen LogP contribution in [-0.2, 0) is 21.7 Å². The Hall–Kier alpha value is -0.670. The lowest BCUT2D eigenvalue weighted by Crippen LogP contribution is -2.29. The summed E-state index contributed by atoms with van der Waals surface area (Å²) >= 11 is -1.24. The predicted molar refractivity (Wildman–Crippen MR) is 71.3 cm³/mol. The maximum Gasteiger partial charge on any atom is 0.161 e. The van der Waals surface area contributed by atoms with Gasteiger partial charge in [-0.05, 0) is 31.9 Å². The molecule has 3 atom stereocenters. The number of benzene rings is 1. The highest BCUT2D eigenvalue weighted by Crippen LogP contribution is 2.35. The highest BCUT2D eigenvalue weighted by Gasteiger charge is 2.33. The Bertz CT molecular complexity index is 434. The standard InChI is InChI=1S/C14H20O2S/c1-10-12-8-6-5-7-11(12)9-13(10)16-17(15)14(2,3)4/h5-8,10,13H,9H2,1-4H3. The van der Waals surface area contributed by atoms with Crippen molar-refractivity contribution in [3.05, 3.63) is 35.4 Å². The molecule has 0 amide bonds. The van der Waals surface area contributed by atoms with Gasteiger partial charge in [-0.1, -0.05) is 31.2 Å². The lowest BCUT2D eigenvalue weighted by molar-refractivity contribution is 0.207. The summed E-state index contributed by atoms with van der Waals surface area (Å²) in [7, 11) is 0. The van der Waals surface area contributed by atoms with Crippen LogP contribution in [-0.4, -0.2) is 15.1 Å². The second-order valence-corrected chi connectivity index (χ2v) is 7.56. The van der Waals surface area contributed by atoms with Crippen molar-refractivity contribution in [3.8, 4) is 0 Å². The number of fused-ring (bicyclic) bond motifs is 1. The quantitative estimate of drug-likeness (QED) is 0.808. The Labute approximate surface area is 106 Å². The van der Waals surface area contributed by atoms with Gasteiger partial charge in [-0.15, -0.1) is 0 Å². The summed E-state index contributed by atoms with van der Waals surface area (Å²) in [6, 6.07) is 8.38. The zero-order valence-corrected chi connectivity index (χ0v) is 11.7. The van der Waals surface area contributed by atoms with Crippen molar-refractivity contribution in [1.82, 2.24) is 0 Å². The molecule has 0 fully saturated rings. The van der Waals surface area contributed by atoms with E-state index in [2.05, 4.69) is 31.2 Å². The van der Waals surface area contributed by atoms with Crippen molar-refractivity contribution in [2.75, 3.05) is 0 Å². The van der Waals surface area contributed by atoms with Gasteiger partial charge in [0.1, 0.15) is 0 Å². The fraction of sp³-hybridized carbons (Fsp3) is 0.571. The maximum absolute atomic E-state index is 12.0. The van der Waals surface area contributed by atoms with E-state index >= 15 is 0 Å². The minimum Gasteiger partial charge on any atom is -0.286 e. The Balaban J connectivity index is 2.11. The van der Waals surface area contributed by atoms with E-state index in [1.165, 1.54) is 11.1 Å². The van der Waals surface area contributed by atoms with Crippen molar-refractivity contribution in [2.45, 2.75) is 50.9 Å². The summed E-state index contributed by atoms with van der Waals surface area (Å²) in [5.74, 6) is 0.331. The molecule has 94 valence electrons. The molecule has 0 saturated carbocycles. The van der Waals surface area contributed by atoms with Gasteiger partial charge < -0.3 is 0 Å². The summed E-state index contributed by atoms with van der Waals surface area (Å²) < 4.78 is 17.4. The van der Waals surface area contributed by atoms with Crippen molar-refractivity contribution in [2.24, 2.45) is 0 Å². The maximum atomic E-state index is 12.0. The first kappa shape index (κ1) is 12.8. The van der Waals surface area contributed by atoms with Crippen LogP contribution in [0, 0.1) is 0 Å². The number of rotatable bonds is 2. The van der Waals surface area contributed by atoms with Crippen LogP contribution < -0.4 is 0 Å². The molecule has 0 aliphatic heterocycles. The minimum absolute atomic E-state index is 0.0486. The molecule has 0 saturated heterocycles. The summed E-state index contributed by atoms with van der Waals surface area (Å²) in [4.78, 5) is 0. The molecule has 0 radical (unpaired) electrons. The molecule has 0 spiro atoms. The Morgan fingerprint density at radius 3 is 2.53 bits per heavy atom. The van der Waals surface area contributed by atoms with Gasteiger partial charge in [0.2, 0.25) is 0 Å². The van der Waals surface area contributed by atoms with Gasteiger partial charge in [0.15, 0.2) is 11.1 Å². The van der Waals surface area contributed by atoms with Crippen LogP contribution in [0.1, 0.15) is 44.7 Å². The molecule has 17 heavy (non-hydrogen) atoms. The second-order valence-electron chi connectivity index (χ2n) is 5.67. The van der Waals surface area contributed by atoms with Gasteiger partial charge in [0.25, 0.3) is 0 Å². The van der Waals surface area contributed by atoms with E-state index in [9.17, 15) is 4.21 Å². The van der Waals surface area contributed by atoms with Crippen molar-refractivity contribution < 1.29 is 8.39 Å². The number of hydrogen-bond acceptors (Lipinski definition) is 2. The highest BCUT2D eigenvalue weighted by atomic mass is 32.2. The fourth-order valence-corrected chi connectivity index (χ4v) is 2.88. The van der Waals surface area contributed by atoms with E-state index < -0.39 is 11.1 Å². The third-order valence-electron chi connectivity index (χ3n) is 3.24. The van der Waals surface area contributed by atoms with E-state index in [0.717, 1.165) is 6.42 Å². The molecule has 0 N–H and O–H groups in total. The van der Waals surface area contributed by atoms with E-state index in [-0.39, 0.29) is 10.9 Å². The van der Waals surface area contributed by atoms with Crippen LogP contribution in [0.25, 0.3) is 0 Å². The summed E-state index contributed by atoms with van der Waals surface area (Å²) in [5.41, 5.74) is 2.67. The Morgan fingerprint density at radius 2 is 1.94 bits per heavy atom. The lowest BCUT2D eigenvalue weighted by atomic mass is 10.0. The molecule has 1 aromatic rings. The molecule has 0 heterocycles. The SMILES string of the molecule is CC1c2ccccc2CC1OS(=O)C(C)(C)C. The summed E-state index contributed by atoms with van der Waals surface area (Å²) in [5, 5.41) is 0. The van der Waals surface area contributed by atoms with E-state index in [4.69, 9.17) is 4.18 Å². The molecular formula is C14H20O2S. The van der Waals surface area contributed by atoms with E-state index in [1.807, 2.05) is 20.8 Å². The molecule has 1 aromatic carbocycles. The molecule has 3 unspecified atom stereocenters. The molecule has 0 aromatic heterocycles. The third-order valence-corrected chi connectivity index (χ3v) is 4.66. The monoisotopic (exact) mass is 252 g/mol. The highest BCUT2D eigenvalue weighted by molar-refractivity contribution is 7.81. The van der Waals surface area contributed by atoms with Gasteiger partial charge in [0, 0.05) is 12.3 Å². The largest absolute Gasteiger partial charge is 0.286 e. The van der Waals surface area contributed by atoms with Crippen LogP contribution in [0.3, 0.4) is 0 Å². The van der Waals surface area contributed by atoms with Crippen LogP contribution in [0.4, 0.5) is 0 Å². The van der Waals surface area contributed by atoms with Crippen LogP contribution in [0.5, 0.6) is 0 Å². The molecule has 3 heteroatoms. The zero-order chi connectivity index (χ0) is 12.6. The van der Waals surface area contributed by atoms with Gasteiger partial charge in [-0.3, -0.25) is 4.18 Å². The van der Waals surface area contributed by atoms with Gasteiger partial charge in [-0.25, -0.2) is 4.21 Å². The van der Waals surface area contributed by atoms with E-state index in [0.29, 0.717) is 5.92 Å². The Morgan fingerprint density at radius 1 is 1.29 bits per heavy atom. The first-order chi connectivity index (χ1) is 7.89. The second kappa shape index (κ2) is 4.54. The van der Waals surface area contributed by atoms with Crippen LogP contribution >= 0.6 is 0 Å². The van der Waals surface area contributed by atoms with Crippen molar-refractivity contribution in [1.29, 1.82) is 0 Å². The topological polar surface area (TPSA) is 26.3 Å². The average molecular weight is 252 g/mol. The molecule has 0 bridgehead atoms. The van der Waals surface area contributed by atoms with Gasteiger partial charge in [-0.2, -0.15) is 0 Å². The normalized spacial score (nSPS) is 25.6. The molecule has 2 nitrogen and oxygen atoms in total. The lowest BCUT2D eigenvalue weighted by Gasteiger charge is -2.22. The molecule has 1 aliphatic carbocycles. The Kier molecular flexibility index (Phi) is 3.41.